The Labute approximate surface area is 179 Å². The highest BCUT2D eigenvalue weighted by atomic mass is 19.3. The van der Waals surface area contributed by atoms with Crippen molar-refractivity contribution in [1.82, 2.24) is 15.4 Å². The van der Waals surface area contributed by atoms with E-state index in [1.165, 1.54) is 4.90 Å². The lowest BCUT2D eigenvalue weighted by atomic mass is 9.93. The van der Waals surface area contributed by atoms with Crippen molar-refractivity contribution < 1.29 is 37.5 Å². The molecule has 0 aromatic heterocycles. The third-order valence-corrected chi connectivity index (χ3v) is 4.33. The lowest BCUT2D eigenvalue weighted by molar-refractivity contribution is -0.130. The fourth-order valence-electron chi connectivity index (χ4n) is 3.02. The highest BCUT2D eigenvalue weighted by Gasteiger charge is 2.33. The lowest BCUT2D eigenvalue weighted by Crippen LogP contribution is -2.55. The standard InChI is InChI=1S/C18H28BF3N4O5/c1-18(2,3)7-11(8-23)17(28)26-6-4-5-12(26)9-31-10-13(16(27)25-19(29)30)24-15(22)14(20)21/h7,12-15,24,29-30H,4-6,9-10H2,1-3H3,(H,25,27). The summed E-state index contributed by atoms with van der Waals surface area (Å²) in [5, 5.41) is 30.3. The smallest absolute Gasteiger partial charge is 0.408 e. The van der Waals surface area contributed by atoms with Crippen molar-refractivity contribution in [3.8, 4) is 6.07 Å². The van der Waals surface area contributed by atoms with Crippen LogP contribution in [0.4, 0.5) is 13.2 Å². The van der Waals surface area contributed by atoms with Crippen molar-refractivity contribution in [2.75, 3.05) is 19.8 Å². The van der Waals surface area contributed by atoms with Crippen molar-refractivity contribution in [2.24, 2.45) is 5.41 Å². The maximum absolute atomic E-state index is 13.3. The van der Waals surface area contributed by atoms with E-state index in [1.807, 2.05) is 26.8 Å². The first-order valence-corrected chi connectivity index (χ1v) is 9.72. The first-order chi connectivity index (χ1) is 14.4. The summed E-state index contributed by atoms with van der Waals surface area (Å²) in [6, 6.07) is -0.155. The van der Waals surface area contributed by atoms with Crippen LogP contribution in [-0.4, -0.2) is 78.6 Å². The monoisotopic (exact) mass is 448 g/mol. The van der Waals surface area contributed by atoms with E-state index in [4.69, 9.17) is 14.8 Å². The minimum absolute atomic E-state index is 0.00698. The summed E-state index contributed by atoms with van der Waals surface area (Å²) in [7, 11) is -2.26. The quantitative estimate of drug-likeness (QED) is 0.161. The molecule has 1 aliphatic rings. The zero-order valence-corrected chi connectivity index (χ0v) is 17.6. The Morgan fingerprint density at radius 1 is 1.35 bits per heavy atom. The molecule has 0 aromatic carbocycles. The molecule has 9 nitrogen and oxygen atoms in total. The fourth-order valence-corrected chi connectivity index (χ4v) is 3.02. The van der Waals surface area contributed by atoms with Gasteiger partial charge in [-0.2, -0.15) is 5.26 Å². The molecule has 3 unspecified atom stereocenters. The number of hydrogen-bond donors (Lipinski definition) is 4. The van der Waals surface area contributed by atoms with Gasteiger partial charge in [-0.3, -0.25) is 14.9 Å². The molecule has 0 spiro atoms. The highest BCUT2D eigenvalue weighted by molar-refractivity contribution is 6.42. The number of ether oxygens (including phenoxy) is 1. The summed E-state index contributed by atoms with van der Waals surface area (Å²) in [6.07, 6.45) is -3.45. The van der Waals surface area contributed by atoms with Gasteiger partial charge in [-0.1, -0.05) is 26.8 Å². The molecule has 0 saturated carbocycles. The van der Waals surface area contributed by atoms with Crippen LogP contribution in [0.5, 0.6) is 0 Å². The van der Waals surface area contributed by atoms with Gasteiger partial charge in [0.2, 0.25) is 12.2 Å². The van der Waals surface area contributed by atoms with Gasteiger partial charge < -0.3 is 24.9 Å². The summed E-state index contributed by atoms with van der Waals surface area (Å²) in [5.41, 5.74) is -0.392. The predicted octanol–water partition coefficient (Wildman–Crippen LogP) is 0.0947. The zero-order chi connectivity index (χ0) is 23.8. The Morgan fingerprint density at radius 3 is 2.52 bits per heavy atom. The number of halogens is 3. The SMILES string of the molecule is CC(C)(C)C=C(C#N)C(=O)N1CCCC1COCC(NC(F)C(F)F)C(=O)NB(O)O. The van der Waals surface area contributed by atoms with Gasteiger partial charge in [-0.25, -0.2) is 13.2 Å². The van der Waals surface area contributed by atoms with Crippen LogP contribution in [0.25, 0.3) is 0 Å². The molecule has 31 heavy (non-hydrogen) atoms. The molecular formula is C18H28BF3N4O5. The number of amides is 2. The van der Waals surface area contributed by atoms with Crippen LogP contribution in [0.2, 0.25) is 0 Å². The van der Waals surface area contributed by atoms with Gasteiger partial charge in [0.05, 0.1) is 19.3 Å². The normalized spacial score (nSPS) is 19.2. The third kappa shape index (κ3) is 9.26. The molecule has 0 aromatic rings. The average Bonchev–Trinajstić information content (AvgIpc) is 3.11. The molecule has 0 radical (unpaired) electrons. The van der Waals surface area contributed by atoms with E-state index in [2.05, 4.69) is 0 Å². The van der Waals surface area contributed by atoms with Gasteiger partial charge in [-0.05, 0) is 18.3 Å². The van der Waals surface area contributed by atoms with E-state index >= 15 is 0 Å². The second-order valence-electron chi connectivity index (χ2n) is 8.21. The van der Waals surface area contributed by atoms with Crippen LogP contribution < -0.4 is 10.5 Å². The van der Waals surface area contributed by atoms with Gasteiger partial charge in [0.25, 0.3) is 12.3 Å². The number of carbonyl (C=O) groups is 2. The van der Waals surface area contributed by atoms with E-state index in [0.717, 1.165) is 0 Å². The first kappa shape index (κ1) is 26.9. The van der Waals surface area contributed by atoms with Crippen molar-refractivity contribution in [3.63, 3.8) is 0 Å². The van der Waals surface area contributed by atoms with E-state index < -0.39 is 50.5 Å². The Balaban J connectivity index is 2.77. The second-order valence-corrected chi connectivity index (χ2v) is 8.21. The minimum Gasteiger partial charge on any atom is -0.408 e. The van der Waals surface area contributed by atoms with Crippen molar-refractivity contribution in [2.45, 2.75) is 58.4 Å². The number of nitrogens with one attached hydrogen (secondary N) is 2. The lowest BCUT2D eigenvalue weighted by Gasteiger charge is -2.26. The molecule has 1 rings (SSSR count). The molecule has 1 aliphatic heterocycles. The van der Waals surface area contributed by atoms with Gasteiger partial charge in [0, 0.05) is 6.54 Å². The minimum atomic E-state index is -3.41. The van der Waals surface area contributed by atoms with E-state index in [0.29, 0.717) is 19.4 Å². The molecular weight excluding hydrogens is 420 g/mol. The maximum Gasteiger partial charge on any atom is 0.587 e. The third-order valence-electron chi connectivity index (χ3n) is 4.33. The molecule has 13 heteroatoms. The Kier molecular flexibility index (Phi) is 10.4. The molecule has 1 heterocycles. The van der Waals surface area contributed by atoms with Crippen LogP contribution in [0.1, 0.15) is 33.6 Å². The van der Waals surface area contributed by atoms with Gasteiger partial charge in [0.1, 0.15) is 17.7 Å². The van der Waals surface area contributed by atoms with Crippen LogP contribution in [-0.2, 0) is 14.3 Å². The summed E-state index contributed by atoms with van der Waals surface area (Å²) in [4.78, 5) is 26.1. The molecule has 3 atom stereocenters. The number of alkyl halides is 3. The zero-order valence-electron chi connectivity index (χ0n) is 17.6. The van der Waals surface area contributed by atoms with E-state index in [9.17, 15) is 28.0 Å². The molecule has 0 bridgehead atoms. The second kappa shape index (κ2) is 12.0. The average molecular weight is 448 g/mol. The van der Waals surface area contributed by atoms with Gasteiger partial charge in [0.15, 0.2) is 0 Å². The summed E-state index contributed by atoms with van der Waals surface area (Å²) < 4.78 is 43.6. The molecule has 1 saturated heterocycles. The van der Waals surface area contributed by atoms with E-state index in [-0.39, 0.29) is 17.6 Å². The number of carbonyl (C=O) groups excluding carboxylic acids is 2. The molecule has 4 N–H and O–H groups in total. The van der Waals surface area contributed by atoms with Gasteiger partial charge >= 0.3 is 7.25 Å². The Morgan fingerprint density at radius 2 is 2.00 bits per heavy atom. The van der Waals surface area contributed by atoms with Gasteiger partial charge in [-0.15, -0.1) is 0 Å². The number of allylic oxidation sites excluding steroid dienone is 1. The number of likely N-dealkylation sites (tertiary alicyclic amines) is 1. The molecule has 1 fully saturated rings. The topological polar surface area (TPSA) is 135 Å². The Hall–Kier alpha value is -2.14. The molecule has 2 amide bonds. The van der Waals surface area contributed by atoms with Crippen LogP contribution in [0.15, 0.2) is 11.6 Å². The van der Waals surface area contributed by atoms with Crippen LogP contribution in [0.3, 0.4) is 0 Å². The number of nitriles is 1. The number of rotatable bonds is 10. The molecule has 0 aliphatic carbocycles. The predicted molar refractivity (Wildman–Crippen MR) is 105 cm³/mol. The van der Waals surface area contributed by atoms with Crippen molar-refractivity contribution >= 4 is 19.1 Å². The van der Waals surface area contributed by atoms with Crippen molar-refractivity contribution in [1.29, 1.82) is 5.26 Å². The first-order valence-electron chi connectivity index (χ1n) is 9.72. The highest BCUT2D eigenvalue weighted by Crippen LogP contribution is 2.23. The maximum atomic E-state index is 13.3. The largest absolute Gasteiger partial charge is 0.587 e. The number of hydrogen-bond acceptors (Lipinski definition) is 7. The van der Waals surface area contributed by atoms with Crippen LogP contribution in [0, 0.1) is 16.7 Å². The van der Waals surface area contributed by atoms with Crippen molar-refractivity contribution in [3.05, 3.63) is 11.6 Å². The number of nitrogens with zero attached hydrogens (tertiary/aromatic N) is 2. The van der Waals surface area contributed by atoms with E-state index in [1.54, 1.807) is 16.6 Å². The fraction of sp³-hybridized carbons (Fsp3) is 0.722. The summed E-state index contributed by atoms with van der Waals surface area (Å²) in [5.74, 6) is -1.61. The summed E-state index contributed by atoms with van der Waals surface area (Å²) in [6.45, 7) is 5.29. The molecule has 174 valence electrons. The Bertz CT molecular complexity index is 697. The summed E-state index contributed by atoms with van der Waals surface area (Å²) >= 11 is 0. The van der Waals surface area contributed by atoms with Crippen LogP contribution >= 0.6 is 0 Å².